The third-order valence-electron chi connectivity index (χ3n) is 2.48. The molecular weight excluding hydrogens is 305 g/mol. The van der Waals surface area contributed by atoms with Crippen molar-refractivity contribution < 1.29 is 8.42 Å². The van der Waals surface area contributed by atoms with Gasteiger partial charge in [-0.3, -0.25) is 0 Å². The average molecular weight is 315 g/mol. The molecule has 0 fully saturated rings. The van der Waals surface area contributed by atoms with Crippen LogP contribution in [0.4, 0.5) is 11.4 Å². The van der Waals surface area contributed by atoms with Crippen molar-refractivity contribution in [2.24, 2.45) is 0 Å². The number of hydrogen-bond donors (Lipinski definition) is 1. The van der Waals surface area contributed by atoms with Crippen molar-refractivity contribution in [3.05, 3.63) is 65.0 Å². The molecule has 0 aliphatic carbocycles. The zero-order chi connectivity index (χ0) is 14.0. The molecule has 1 radical (unpaired) electrons. The predicted molar refractivity (Wildman–Crippen MR) is 79.8 cm³/mol. The molecule has 0 bridgehead atoms. The predicted octanol–water partition coefficient (Wildman–Crippen LogP) is 3.84. The van der Waals surface area contributed by atoms with Gasteiger partial charge in [0.25, 0.3) is 0 Å². The summed E-state index contributed by atoms with van der Waals surface area (Å²) in [6.45, 7) is 3.75. The van der Waals surface area contributed by atoms with E-state index in [-0.39, 0.29) is 0 Å². The first kappa shape index (κ1) is 14.2. The van der Waals surface area contributed by atoms with Gasteiger partial charge in [-0.1, -0.05) is 35.3 Å². The fourth-order valence-corrected chi connectivity index (χ4v) is 2.70. The Bertz CT molecular complexity index is 661. The second-order valence-electron chi connectivity index (χ2n) is 3.81. The first-order valence-electron chi connectivity index (χ1n) is 5.30. The minimum atomic E-state index is -2.88. The Morgan fingerprint density at radius 3 is 2.21 bits per heavy atom. The van der Waals surface area contributed by atoms with E-state index >= 15 is 0 Å². The Labute approximate surface area is 123 Å². The summed E-state index contributed by atoms with van der Waals surface area (Å²) in [5, 5.41) is 0.720. The van der Waals surface area contributed by atoms with E-state index in [9.17, 15) is 8.42 Å². The topological polar surface area (TPSA) is 37.4 Å². The largest absolute Gasteiger partial charge is 0.239 e. The van der Waals surface area contributed by atoms with Gasteiger partial charge >= 0.3 is 0 Å². The highest BCUT2D eigenvalue weighted by atomic mass is 35.5. The maximum absolute atomic E-state index is 11.5. The summed E-state index contributed by atoms with van der Waals surface area (Å²) in [7, 11) is -2.88. The van der Waals surface area contributed by atoms with E-state index in [0.717, 1.165) is 9.87 Å². The van der Waals surface area contributed by atoms with Crippen LogP contribution in [0.2, 0.25) is 10.0 Å². The molecule has 0 aliphatic heterocycles. The van der Waals surface area contributed by atoms with Crippen LogP contribution in [-0.4, -0.2) is 8.42 Å². The molecular formula is C13H10Cl2NO2S. The fourth-order valence-electron chi connectivity index (χ4n) is 1.61. The Hall–Kier alpha value is -1.23. The highest BCUT2D eigenvalue weighted by Crippen LogP contribution is 2.34. The molecule has 0 amide bonds. The third kappa shape index (κ3) is 3.21. The van der Waals surface area contributed by atoms with Gasteiger partial charge in [0.05, 0.1) is 16.4 Å². The summed E-state index contributed by atoms with van der Waals surface area (Å²) in [6, 6.07) is 11.4. The van der Waals surface area contributed by atoms with Gasteiger partial charge in [0.1, 0.15) is 0 Å². The Morgan fingerprint density at radius 2 is 1.63 bits per heavy atom. The summed E-state index contributed by atoms with van der Waals surface area (Å²) >= 11 is 11.9. The molecule has 0 spiro atoms. The number of rotatable bonds is 3. The lowest BCUT2D eigenvalue weighted by molar-refractivity contribution is 0.614. The fraction of sp³-hybridized carbons (Fsp3) is 0. The zero-order valence-electron chi connectivity index (χ0n) is 9.72. The SMILES string of the molecule is [CH2]c1ccc(N(c2cc(Cl)ccc2Cl)[SH](=O)=O)cc1. The summed E-state index contributed by atoms with van der Waals surface area (Å²) < 4.78 is 24.1. The number of halogens is 2. The monoisotopic (exact) mass is 314 g/mol. The second-order valence-corrected chi connectivity index (χ2v) is 5.53. The van der Waals surface area contributed by atoms with Crippen LogP contribution in [0.5, 0.6) is 0 Å². The highest BCUT2D eigenvalue weighted by molar-refractivity contribution is 7.74. The molecule has 0 unspecified atom stereocenters. The van der Waals surface area contributed by atoms with E-state index in [1.165, 1.54) is 6.07 Å². The van der Waals surface area contributed by atoms with Crippen LogP contribution in [0.3, 0.4) is 0 Å². The normalized spacial score (nSPS) is 10.7. The third-order valence-corrected chi connectivity index (χ3v) is 3.81. The molecule has 3 nitrogen and oxygen atoms in total. The number of anilines is 2. The van der Waals surface area contributed by atoms with Crippen molar-refractivity contribution in [2.45, 2.75) is 0 Å². The van der Waals surface area contributed by atoms with Crippen LogP contribution in [0.25, 0.3) is 0 Å². The van der Waals surface area contributed by atoms with Gasteiger partial charge in [-0.2, -0.15) is 0 Å². The van der Waals surface area contributed by atoms with Crippen LogP contribution in [0, 0.1) is 6.92 Å². The van der Waals surface area contributed by atoms with E-state index in [0.29, 0.717) is 21.4 Å². The molecule has 0 heterocycles. The van der Waals surface area contributed by atoms with Gasteiger partial charge in [0, 0.05) is 5.02 Å². The highest BCUT2D eigenvalue weighted by Gasteiger charge is 2.15. The molecule has 99 valence electrons. The number of thiol groups is 1. The molecule has 6 heteroatoms. The molecule has 2 aromatic carbocycles. The van der Waals surface area contributed by atoms with Gasteiger partial charge < -0.3 is 0 Å². The van der Waals surface area contributed by atoms with Gasteiger partial charge in [0.2, 0.25) is 10.9 Å². The van der Waals surface area contributed by atoms with E-state index in [2.05, 4.69) is 6.92 Å². The van der Waals surface area contributed by atoms with Gasteiger partial charge in [-0.05, 0) is 42.8 Å². The minimum absolute atomic E-state index is 0.308. The maximum Gasteiger partial charge on any atom is 0.229 e. The second kappa shape index (κ2) is 5.82. The van der Waals surface area contributed by atoms with Crippen molar-refractivity contribution in [3.8, 4) is 0 Å². The lowest BCUT2D eigenvalue weighted by Crippen LogP contribution is -2.14. The van der Waals surface area contributed by atoms with Crippen LogP contribution in [-0.2, 0) is 10.9 Å². The van der Waals surface area contributed by atoms with Crippen molar-refractivity contribution in [1.29, 1.82) is 0 Å². The quantitative estimate of drug-likeness (QED) is 0.874. The molecule has 2 rings (SSSR count). The smallest absolute Gasteiger partial charge is 0.229 e. The van der Waals surface area contributed by atoms with Crippen LogP contribution < -0.4 is 4.31 Å². The van der Waals surface area contributed by atoms with Crippen LogP contribution in [0.15, 0.2) is 42.5 Å². The van der Waals surface area contributed by atoms with Gasteiger partial charge in [-0.25, -0.2) is 12.7 Å². The Balaban J connectivity index is 2.58. The lowest BCUT2D eigenvalue weighted by Gasteiger charge is -2.19. The molecule has 19 heavy (non-hydrogen) atoms. The van der Waals surface area contributed by atoms with Crippen molar-refractivity contribution >= 4 is 45.5 Å². The number of nitrogens with zero attached hydrogens (tertiary/aromatic N) is 1. The first-order valence-corrected chi connectivity index (χ1v) is 7.19. The molecule has 0 aromatic heterocycles. The summed E-state index contributed by atoms with van der Waals surface area (Å²) in [5.74, 6) is 0. The zero-order valence-corrected chi connectivity index (χ0v) is 12.1. The van der Waals surface area contributed by atoms with E-state index in [1.807, 2.05) is 0 Å². The number of benzene rings is 2. The van der Waals surface area contributed by atoms with E-state index in [4.69, 9.17) is 23.2 Å². The van der Waals surface area contributed by atoms with Gasteiger partial charge in [-0.15, -0.1) is 0 Å². The Kier molecular flexibility index (Phi) is 4.34. The number of hydrogen-bond acceptors (Lipinski definition) is 2. The Morgan fingerprint density at radius 1 is 1.00 bits per heavy atom. The average Bonchev–Trinajstić information content (AvgIpc) is 2.36. The summed E-state index contributed by atoms with van der Waals surface area (Å²) in [4.78, 5) is 0. The maximum atomic E-state index is 11.5. The molecule has 0 saturated heterocycles. The molecule has 2 aromatic rings. The molecule has 0 N–H and O–H groups in total. The molecule has 0 aliphatic rings. The van der Waals surface area contributed by atoms with Crippen LogP contribution in [0.1, 0.15) is 5.56 Å². The first-order chi connectivity index (χ1) is 8.99. The summed E-state index contributed by atoms with van der Waals surface area (Å²) in [6.07, 6.45) is 0. The van der Waals surface area contributed by atoms with Crippen molar-refractivity contribution in [1.82, 2.24) is 0 Å². The molecule has 0 atom stereocenters. The standard InChI is InChI=1S/C13H10Cl2NO2S/c1-9-2-5-11(6-3-9)16(19(17)18)13-8-10(14)4-7-12(13)15/h2-8,19H,1H2. The molecule has 0 saturated carbocycles. The lowest BCUT2D eigenvalue weighted by atomic mass is 10.2. The van der Waals surface area contributed by atoms with Crippen LogP contribution >= 0.6 is 23.2 Å². The van der Waals surface area contributed by atoms with E-state index in [1.54, 1.807) is 36.4 Å². The van der Waals surface area contributed by atoms with Gasteiger partial charge in [0.15, 0.2) is 0 Å². The van der Waals surface area contributed by atoms with E-state index < -0.39 is 10.9 Å². The van der Waals surface area contributed by atoms with Crippen molar-refractivity contribution in [2.75, 3.05) is 4.31 Å². The van der Waals surface area contributed by atoms with Crippen molar-refractivity contribution in [3.63, 3.8) is 0 Å². The minimum Gasteiger partial charge on any atom is -0.239 e. The summed E-state index contributed by atoms with van der Waals surface area (Å²) in [5.41, 5.74) is 1.59.